The maximum absolute atomic E-state index is 12.4. The third-order valence-electron chi connectivity index (χ3n) is 4.91. The van der Waals surface area contributed by atoms with Crippen molar-refractivity contribution >= 4 is 11.9 Å². The van der Waals surface area contributed by atoms with Crippen LogP contribution in [-0.4, -0.2) is 55.3 Å². The molecule has 2 heterocycles. The number of fused-ring (bicyclic) bond motifs is 1. The zero-order chi connectivity index (χ0) is 16.4. The number of aryl methyl sites for hydroxylation is 1. The third-order valence-corrected chi connectivity index (χ3v) is 4.91. The fourth-order valence-corrected chi connectivity index (χ4v) is 3.47. The number of nitrogens with zero attached hydrogens (tertiary/aromatic N) is 1. The van der Waals surface area contributed by atoms with Crippen LogP contribution in [0.1, 0.15) is 12.0 Å². The number of benzene rings is 1. The molecule has 0 bridgehead atoms. The van der Waals surface area contributed by atoms with E-state index >= 15 is 0 Å². The van der Waals surface area contributed by atoms with Gasteiger partial charge in [-0.1, -0.05) is 12.1 Å². The summed E-state index contributed by atoms with van der Waals surface area (Å²) < 4.78 is 10.5. The molecule has 1 N–H and O–H groups in total. The Balaban J connectivity index is 1.60. The lowest BCUT2D eigenvalue weighted by molar-refractivity contribution is -0.149. The monoisotopic (exact) mass is 319 g/mol. The molecule has 0 unspecified atom stereocenters. The Morgan fingerprint density at radius 1 is 1.48 bits per heavy atom. The highest BCUT2D eigenvalue weighted by atomic mass is 16.5. The molecule has 2 saturated heterocycles. The SMILES string of the molecule is COc1cccc(CCC(=O)N2C[C@@H]3COC[C@]3(C(=O)O)C2)c1. The summed E-state index contributed by atoms with van der Waals surface area (Å²) in [4.78, 5) is 25.7. The summed E-state index contributed by atoms with van der Waals surface area (Å²) in [7, 11) is 1.61. The molecule has 0 aromatic heterocycles. The zero-order valence-corrected chi connectivity index (χ0v) is 13.2. The minimum absolute atomic E-state index is 0.00263. The summed E-state index contributed by atoms with van der Waals surface area (Å²) in [6.45, 7) is 1.35. The number of hydrogen-bond acceptors (Lipinski definition) is 4. The first-order valence-corrected chi connectivity index (χ1v) is 7.77. The first-order chi connectivity index (χ1) is 11.0. The summed E-state index contributed by atoms with van der Waals surface area (Å²) in [5, 5.41) is 9.51. The second-order valence-corrected chi connectivity index (χ2v) is 6.30. The molecule has 2 aliphatic heterocycles. The van der Waals surface area contributed by atoms with Crippen molar-refractivity contribution in [2.45, 2.75) is 12.8 Å². The zero-order valence-electron chi connectivity index (χ0n) is 13.2. The molecule has 2 fully saturated rings. The first kappa shape index (κ1) is 15.8. The van der Waals surface area contributed by atoms with Crippen LogP contribution in [0.15, 0.2) is 24.3 Å². The van der Waals surface area contributed by atoms with Crippen molar-refractivity contribution < 1.29 is 24.2 Å². The topological polar surface area (TPSA) is 76.1 Å². The fourth-order valence-electron chi connectivity index (χ4n) is 3.47. The van der Waals surface area contributed by atoms with E-state index in [0.717, 1.165) is 11.3 Å². The van der Waals surface area contributed by atoms with Gasteiger partial charge in [-0.25, -0.2) is 0 Å². The maximum atomic E-state index is 12.4. The highest BCUT2D eigenvalue weighted by Crippen LogP contribution is 2.41. The predicted molar refractivity (Wildman–Crippen MR) is 82.3 cm³/mol. The lowest BCUT2D eigenvalue weighted by Crippen LogP contribution is -2.40. The third kappa shape index (κ3) is 2.91. The summed E-state index contributed by atoms with van der Waals surface area (Å²) in [6.07, 6.45) is 0.990. The quantitative estimate of drug-likeness (QED) is 0.882. The van der Waals surface area contributed by atoms with Crippen molar-refractivity contribution in [3.8, 4) is 5.75 Å². The number of likely N-dealkylation sites (tertiary alicyclic amines) is 1. The number of carbonyl (C=O) groups excluding carboxylic acids is 1. The second-order valence-electron chi connectivity index (χ2n) is 6.30. The lowest BCUT2D eigenvalue weighted by Gasteiger charge is -2.22. The number of carbonyl (C=O) groups is 2. The number of amides is 1. The molecule has 0 aliphatic carbocycles. The molecule has 6 heteroatoms. The van der Waals surface area contributed by atoms with E-state index in [1.54, 1.807) is 12.0 Å². The first-order valence-electron chi connectivity index (χ1n) is 7.77. The van der Waals surface area contributed by atoms with Crippen LogP contribution in [0, 0.1) is 11.3 Å². The van der Waals surface area contributed by atoms with Gasteiger partial charge in [-0.2, -0.15) is 0 Å². The molecule has 1 aromatic rings. The van der Waals surface area contributed by atoms with Crippen LogP contribution < -0.4 is 4.74 Å². The van der Waals surface area contributed by atoms with Crippen LogP contribution in [0.4, 0.5) is 0 Å². The highest BCUT2D eigenvalue weighted by Gasteiger charge is 2.57. The Kier molecular flexibility index (Phi) is 4.26. The van der Waals surface area contributed by atoms with Crippen molar-refractivity contribution in [3.05, 3.63) is 29.8 Å². The minimum Gasteiger partial charge on any atom is -0.497 e. The molecule has 1 amide bonds. The van der Waals surface area contributed by atoms with Crippen LogP contribution in [0.3, 0.4) is 0 Å². The Morgan fingerprint density at radius 2 is 2.30 bits per heavy atom. The number of rotatable bonds is 5. The molecule has 2 atom stereocenters. The summed E-state index contributed by atoms with van der Waals surface area (Å²) in [5.74, 6) is -0.181. The molecule has 2 aliphatic rings. The molecule has 124 valence electrons. The van der Waals surface area contributed by atoms with Gasteiger partial charge in [-0.15, -0.1) is 0 Å². The largest absolute Gasteiger partial charge is 0.497 e. The van der Waals surface area contributed by atoms with Crippen LogP contribution in [0.25, 0.3) is 0 Å². The van der Waals surface area contributed by atoms with E-state index in [4.69, 9.17) is 9.47 Å². The van der Waals surface area contributed by atoms with E-state index in [2.05, 4.69) is 0 Å². The smallest absolute Gasteiger partial charge is 0.314 e. The molecule has 0 saturated carbocycles. The van der Waals surface area contributed by atoms with Crippen LogP contribution in [0.2, 0.25) is 0 Å². The number of aliphatic carboxylic acids is 1. The molecule has 23 heavy (non-hydrogen) atoms. The van der Waals surface area contributed by atoms with Crippen molar-refractivity contribution in [2.75, 3.05) is 33.4 Å². The molecular formula is C17H21NO5. The lowest BCUT2D eigenvalue weighted by atomic mass is 9.81. The number of methoxy groups -OCH3 is 1. The highest BCUT2D eigenvalue weighted by molar-refractivity contribution is 5.81. The Morgan fingerprint density at radius 3 is 3.00 bits per heavy atom. The van der Waals surface area contributed by atoms with Gasteiger partial charge in [0.2, 0.25) is 5.91 Å². The van der Waals surface area contributed by atoms with Crippen LogP contribution in [-0.2, 0) is 20.7 Å². The predicted octanol–water partition coefficient (Wildman–Crippen LogP) is 1.19. The normalized spacial score (nSPS) is 26.1. The molecule has 0 spiro atoms. The average molecular weight is 319 g/mol. The summed E-state index contributed by atoms with van der Waals surface area (Å²) in [5.41, 5.74) is 0.124. The van der Waals surface area contributed by atoms with Crippen LogP contribution in [0.5, 0.6) is 5.75 Å². The number of hydrogen-bond donors (Lipinski definition) is 1. The number of carboxylic acid groups (broad SMARTS) is 1. The van der Waals surface area contributed by atoms with Gasteiger partial charge in [0.15, 0.2) is 0 Å². The van der Waals surface area contributed by atoms with Crippen molar-refractivity contribution in [2.24, 2.45) is 11.3 Å². The van der Waals surface area contributed by atoms with E-state index in [9.17, 15) is 14.7 Å². The van der Waals surface area contributed by atoms with Gasteiger partial charge in [0, 0.05) is 25.4 Å². The van der Waals surface area contributed by atoms with Gasteiger partial charge in [0.05, 0.1) is 20.3 Å². The van der Waals surface area contributed by atoms with Crippen LogP contribution >= 0.6 is 0 Å². The van der Waals surface area contributed by atoms with Crippen molar-refractivity contribution in [1.82, 2.24) is 4.90 Å². The Bertz CT molecular complexity index is 617. The Labute approximate surface area is 135 Å². The van der Waals surface area contributed by atoms with E-state index in [0.29, 0.717) is 26.0 Å². The van der Waals surface area contributed by atoms with Gasteiger partial charge in [-0.3, -0.25) is 9.59 Å². The summed E-state index contributed by atoms with van der Waals surface area (Å²) >= 11 is 0. The van der Waals surface area contributed by atoms with Crippen molar-refractivity contribution in [3.63, 3.8) is 0 Å². The van der Waals surface area contributed by atoms with Crippen molar-refractivity contribution in [1.29, 1.82) is 0 Å². The van der Waals surface area contributed by atoms with E-state index in [-0.39, 0.29) is 25.0 Å². The fraction of sp³-hybridized carbons (Fsp3) is 0.529. The minimum atomic E-state index is -0.911. The van der Waals surface area contributed by atoms with Gasteiger partial charge < -0.3 is 19.5 Å². The molecule has 0 radical (unpaired) electrons. The van der Waals surface area contributed by atoms with Gasteiger partial charge in [0.25, 0.3) is 0 Å². The van der Waals surface area contributed by atoms with E-state index < -0.39 is 11.4 Å². The average Bonchev–Trinajstić information content (AvgIpc) is 3.11. The number of carboxylic acids is 1. The molecular weight excluding hydrogens is 298 g/mol. The van der Waals surface area contributed by atoms with E-state index in [1.165, 1.54) is 0 Å². The number of ether oxygens (including phenoxy) is 2. The Hall–Kier alpha value is -2.08. The second kappa shape index (κ2) is 6.20. The summed E-state index contributed by atoms with van der Waals surface area (Å²) in [6, 6.07) is 7.64. The molecule has 6 nitrogen and oxygen atoms in total. The van der Waals surface area contributed by atoms with Gasteiger partial charge >= 0.3 is 5.97 Å². The van der Waals surface area contributed by atoms with Gasteiger partial charge in [0.1, 0.15) is 11.2 Å². The standard InChI is InChI=1S/C17H21NO5/c1-22-14-4-2-3-12(7-14)5-6-15(19)18-8-13-9-23-11-17(13,10-18)16(20)21/h2-4,7,13H,5-6,8-11H2,1H3,(H,20,21)/t13-,17-/m1/s1. The van der Waals surface area contributed by atoms with E-state index in [1.807, 2.05) is 24.3 Å². The molecule has 3 rings (SSSR count). The maximum Gasteiger partial charge on any atom is 0.314 e. The molecule has 1 aromatic carbocycles. The van der Waals surface area contributed by atoms with Gasteiger partial charge in [-0.05, 0) is 24.1 Å².